The molecule has 4 rings (SSSR count). The smallest absolute Gasteiger partial charge is 0.134 e. The van der Waals surface area contributed by atoms with Gasteiger partial charge in [0.15, 0.2) is 0 Å². The number of hydrogen-bond acceptors (Lipinski definition) is 6. The third kappa shape index (κ3) is 4.36. The molecule has 2 aliphatic carbocycles. The molecule has 2 aromatic heterocycles. The Morgan fingerprint density at radius 3 is 2.50 bits per heavy atom. The molecule has 2 saturated carbocycles. The highest BCUT2D eigenvalue weighted by Gasteiger charge is 2.32. The highest BCUT2D eigenvalue weighted by molar-refractivity contribution is 7.09. The van der Waals surface area contributed by atoms with Crippen molar-refractivity contribution in [3.63, 3.8) is 0 Å². The van der Waals surface area contributed by atoms with E-state index in [1.54, 1.807) is 11.3 Å². The first-order valence-corrected chi connectivity index (χ1v) is 8.84. The number of anilines is 1. The molecule has 0 spiro atoms. The van der Waals surface area contributed by atoms with E-state index in [2.05, 4.69) is 21.7 Å². The monoisotopic (exact) mass is 387 g/mol. The molecule has 0 bridgehead atoms. The molecule has 3 N–H and O–H groups in total. The number of hydrogen-bond donors (Lipinski definition) is 2. The van der Waals surface area contributed by atoms with Crippen molar-refractivity contribution in [2.45, 2.75) is 57.0 Å². The number of nitrogens with one attached hydrogen (secondary N) is 1. The maximum Gasteiger partial charge on any atom is 0.134 e. The lowest BCUT2D eigenvalue weighted by Crippen LogP contribution is -2.35. The fourth-order valence-corrected chi connectivity index (χ4v) is 3.50. The van der Waals surface area contributed by atoms with Crippen LogP contribution in [0, 0.1) is 6.92 Å². The van der Waals surface area contributed by atoms with E-state index < -0.39 is 0 Å². The molecular formula is C16H23Cl2N5S. The number of thiazole rings is 1. The summed E-state index contributed by atoms with van der Waals surface area (Å²) in [6.07, 6.45) is 4.54. The molecule has 0 amide bonds. The summed E-state index contributed by atoms with van der Waals surface area (Å²) in [5.74, 6) is 3.02. The summed E-state index contributed by atoms with van der Waals surface area (Å²) in [6.45, 7) is 2.75. The maximum absolute atomic E-state index is 5.93. The molecule has 0 saturated heterocycles. The molecule has 2 aliphatic rings. The van der Waals surface area contributed by atoms with E-state index in [4.69, 9.17) is 15.7 Å². The van der Waals surface area contributed by atoms with E-state index in [0.29, 0.717) is 17.9 Å². The minimum atomic E-state index is 0. The highest BCUT2D eigenvalue weighted by Crippen LogP contribution is 2.41. The van der Waals surface area contributed by atoms with Gasteiger partial charge in [0.1, 0.15) is 11.6 Å². The van der Waals surface area contributed by atoms with Gasteiger partial charge >= 0.3 is 0 Å². The van der Waals surface area contributed by atoms with Crippen LogP contribution in [0.4, 0.5) is 5.82 Å². The normalized spacial score (nSPS) is 22.1. The van der Waals surface area contributed by atoms with Gasteiger partial charge in [-0.1, -0.05) is 0 Å². The van der Waals surface area contributed by atoms with Gasteiger partial charge in [-0.15, -0.1) is 36.2 Å². The topological polar surface area (TPSA) is 76.7 Å². The fourth-order valence-electron chi connectivity index (χ4n) is 2.88. The zero-order valence-corrected chi connectivity index (χ0v) is 16.0. The van der Waals surface area contributed by atoms with Crippen LogP contribution in [0.2, 0.25) is 0 Å². The van der Waals surface area contributed by atoms with Crippen molar-refractivity contribution in [2.24, 2.45) is 5.73 Å². The first kappa shape index (κ1) is 19.4. The largest absolute Gasteiger partial charge is 0.364 e. The second kappa shape index (κ2) is 7.95. The van der Waals surface area contributed by atoms with E-state index in [0.717, 1.165) is 47.4 Å². The average molecular weight is 388 g/mol. The van der Waals surface area contributed by atoms with Crippen molar-refractivity contribution in [3.8, 4) is 0 Å². The third-order valence-corrected chi connectivity index (χ3v) is 5.24. The summed E-state index contributed by atoms with van der Waals surface area (Å²) in [5.41, 5.74) is 8.16. The summed E-state index contributed by atoms with van der Waals surface area (Å²) in [6, 6.07) is 2.44. The zero-order valence-electron chi connectivity index (χ0n) is 13.6. The van der Waals surface area contributed by atoms with Gasteiger partial charge in [-0.25, -0.2) is 15.0 Å². The minimum Gasteiger partial charge on any atom is -0.364 e. The molecule has 5 nitrogen and oxygen atoms in total. The number of rotatable bonds is 5. The summed E-state index contributed by atoms with van der Waals surface area (Å²) >= 11 is 1.68. The number of aryl methyl sites for hydroxylation is 1. The van der Waals surface area contributed by atoms with Crippen LogP contribution >= 0.6 is 36.2 Å². The van der Waals surface area contributed by atoms with E-state index in [1.165, 1.54) is 12.8 Å². The van der Waals surface area contributed by atoms with Crippen LogP contribution in [-0.2, 0) is 6.54 Å². The molecule has 8 heteroatoms. The minimum absolute atomic E-state index is 0. The molecule has 2 aromatic rings. The second-order valence-electron chi connectivity index (χ2n) is 6.45. The Hall–Kier alpha value is -0.950. The standard InChI is InChI=1S/C16H21N5S.2ClH/c1-9-19-13(8-22-9)7-18-15-6-14(11-4-12(17)5-11)20-16(21-15)10-2-3-10;;/h6,8,10-12H,2-5,7,17H2,1H3,(H,18,20,21);2*1H. The summed E-state index contributed by atoms with van der Waals surface area (Å²) < 4.78 is 0. The molecule has 2 heterocycles. The molecule has 0 aromatic carbocycles. The Labute approximate surface area is 158 Å². The van der Waals surface area contributed by atoms with Gasteiger partial charge in [-0.3, -0.25) is 0 Å². The zero-order chi connectivity index (χ0) is 15.1. The molecule has 132 valence electrons. The van der Waals surface area contributed by atoms with Crippen LogP contribution in [0.25, 0.3) is 0 Å². The van der Waals surface area contributed by atoms with Crippen molar-refractivity contribution in [3.05, 3.63) is 33.7 Å². The van der Waals surface area contributed by atoms with Crippen LogP contribution < -0.4 is 11.1 Å². The Balaban J connectivity index is 0.00000104. The lowest BCUT2D eigenvalue weighted by molar-refractivity contribution is 0.344. The lowest BCUT2D eigenvalue weighted by Gasteiger charge is -2.32. The van der Waals surface area contributed by atoms with Crippen LogP contribution in [0.15, 0.2) is 11.4 Å². The van der Waals surface area contributed by atoms with E-state index in [-0.39, 0.29) is 24.8 Å². The molecule has 0 radical (unpaired) electrons. The first-order chi connectivity index (χ1) is 10.7. The van der Waals surface area contributed by atoms with E-state index >= 15 is 0 Å². The number of halogens is 2. The Kier molecular flexibility index (Phi) is 6.42. The molecule has 24 heavy (non-hydrogen) atoms. The molecule has 0 atom stereocenters. The van der Waals surface area contributed by atoms with Gasteiger partial charge in [0.25, 0.3) is 0 Å². The Morgan fingerprint density at radius 1 is 1.17 bits per heavy atom. The third-order valence-electron chi connectivity index (χ3n) is 4.42. The summed E-state index contributed by atoms with van der Waals surface area (Å²) in [7, 11) is 0. The lowest BCUT2D eigenvalue weighted by atomic mass is 9.78. The Morgan fingerprint density at radius 2 is 1.92 bits per heavy atom. The van der Waals surface area contributed by atoms with Crippen LogP contribution in [-0.4, -0.2) is 21.0 Å². The SMILES string of the molecule is Cc1nc(CNc2cc(C3CC(N)C3)nc(C3CC3)n2)cs1.Cl.Cl. The van der Waals surface area contributed by atoms with Gasteiger partial charge in [-0.05, 0) is 32.6 Å². The first-order valence-electron chi connectivity index (χ1n) is 7.96. The number of nitrogens with two attached hydrogens (primary N) is 1. The van der Waals surface area contributed by atoms with E-state index in [1.807, 2.05) is 6.92 Å². The Bertz CT molecular complexity index is 683. The van der Waals surface area contributed by atoms with Gasteiger partial charge in [0.2, 0.25) is 0 Å². The van der Waals surface area contributed by atoms with Crippen LogP contribution in [0.3, 0.4) is 0 Å². The predicted molar refractivity (Wildman–Crippen MR) is 103 cm³/mol. The van der Waals surface area contributed by atoms with Crippen molar-refractivity contribution in [1.82, 2.24) is 15.0 Å². The number of nitrogens with zero attached hydrogens (tertiary/aromatic N) is 3. The van der Waals surface area contributed by atoms with E-state index in [9.17, 15) is 0 Å². The van der Waals surface area contributed by atoms with Crippen molar-refractivity contribution in [2.75, 3.05) is 5.32 Å². The quantitative estimate of drug-likeness (QED) is 0.815. The molecule has 2 fully saturated rings. The molecular weight excluding hydrogens is 365 g/mol. The van der Waals surface area contributed by atoms with Gasteiger partial charge in [-0.2, -0.15) is 0 Å². The molecule has 0 aliphatic heterocycles. The van der Waals surface area contributed by atoms with Crippen molar-refractivity contribution in [1.29, 1.82) is 0 Å². The van der Waals surface area contributed by atoms with Gasteiger partial charge in [0.05, 0.1) is 17.2 Å². The number of aromatic nitrogens is 3. The van der Waals surface area contributed by atoms with Crippen molar-refractivity contribution < 1.29 is 0 Å². The van der Waals surface area contributed by atoms with Crippen molar-refractivity contribution >= 4 is 42.0 Å². The maximum atomic E-state index is 5.93. The fraction of sp³-hybridized carbons (Fsp3) is 0.562. The molecule has 0 unspecified atom stereocenters. The summed E-state index contributed by atoms with van der Waals surface area (Å²) in [4.78, 5) is 14.0. The van der Waals surface area contributed by atoms with Gasteiger partial charge in [0, 0.05) is 35.0 Å². The van der Waals surface area contributed by atoms with Gasteiger partial charge < -0.3 is 11.1 Å². The van der Waals surface area contributed by atoms with Crippen LogP contribution in [0.5, 0.6) is 0 Å². The highest BCUT2D eigenvalue weighted by atomic mass is 35.5. The average Bonchev–Trinajstić information content (AvgIpc) is 3.24. The predicted octanol–water partition coefficient (Wildman–Crippen LogP) is 3.78. The van der Waals surface area contributed by atoms with Crippen LogP contribution in [0.1, 0.15) is 59.7 Å². The summed E-state index contributed by atoms with van der Waals surface area (Å²) in [5, 5.41) is 6.61. The second-order valence-corrected chi connectivity index (χ2v) is 7.51.